The number of rotatable bonds is 7. The summed E-state index contributed by atoms with van der Waals surface area (Å²) in [5.74, 6) is -1.07. The van der Waals surface area contributed by atoms with Crippen molar-refractivity contribution in [1.82, 2.24) is 0 Å². The fourth-order valence-corrected chi connectivity index (χ4v) is 12.0. The number of carbonyl (C=O) groups is 2. The van der Waals surface area contributed by atoms with Gasteiger partial charge < -0.3 is 28.5 Å². The highest BCUT2D eigenvalue weighted by atomic mass is 16.6. The van der Waals surface area contributed by atoms with E-state index >= 15 is 0 Å². The SMILES string of the molecule is CO[C@H]1CC[C@@]2(C)C(CC[C@]3(C)[C@@H]2C(=O)C=C2[C@@H]4C[C@@](C)(C(=O)O)CC[C@]4(C)CC[C@]23C)[C@]1(C)C(O)OCc1oc(=O)oc1C(C)C. The molecular formula is C38H56O9. The molecule has 0 aliphatic heterocycles. The molecule has 0 radical (unpaired) electrons. The molecule has 47 heavy (non-hydrogen) atoms. The lowest BCUT2D eigenvalue weighted by Crippen LogP contribution is -2.68. The second-order valence-electron chi connectivity index (χ2n) is 17.7. The number of aliphatic carboxylic acids is 1. The second-order valence-corrected chi connectivity index (χ2v) is 17.7. The molecule has 0 spiro atoms. The van der Waals surface area contributed by atoms with E-state index in [-0.39, 0.29) is 64.2 Å². The van der Waals surface area contributed by atoms with Crippen LogP contribution in [0.15, 0.2) is 25.3 Å². The van der Waals surface area contributed by atoms with Gasteiger partial charge in [-0.1, -0.05) is 54.0 Å². The molecule has 5 aliphatic carbocycles. The van der Waals surface area contributed by atoms with Gasteiger partial charge in [0.2, 0.25) is 0 Å². The monoisotopic (exact) mass is 656 g/mol. The molecule has 1 aromatic heterocycles. The highest BCUT2D eigenvalue weighted by Gasteiger charge is 2.71. The van der Waals surface area contributed by atoms with Crippen molar-refractivity contribution in [3.63, 3.8) is 0 Å². The standard InChI is InChI=1S/C38H56O9/c1-21(2)28-25(46-32(43)47-28)20-45-31(42)38(8)26-10-13-37(7)29(35(26,5)12-11-27(38)44-9)24(39)18-22-23-19-34(4,30(40)41)15-14-33(23,3)16-17-36(22,37)6/h18,21,23,26-27,29,31,42H,10-17,19-20H2,1-9H3,(H,40,41)/t23-,26?,27-,29+,31?,33+,34-,35-,36+,37+,38-/m0/s1. The van der Waals surface area contributed by atoms with Gasteiger partial charge in [0.1, 0.15) is 6.61 Å². The van der Waals surface area contributed by atoms with Gasteiger partial charge in [0.25, 0.3) is 0 Å². The predicted molar refractivity (Wildman–Crippen MR) is 174 cm³/mol. The van der Waals surface area contributed by atoms with Crippen LogP contribution in [0.25, 0.3) is 0 Å². The average molecular weight is 657 g/mol. The minimum absolute atomic E-state index is 0.00894. The quantitative estimate of drug-likeness (QED) is 0.291. The van der Waals surface area contributed by atoms with Gasteiger partial charge >= 0.3 is 11.8 Å². The van der Waals surface area contributed by atoms with Crippen LogP contribution in [0.1, 0.15) is 131 Å². The molecule has 0 saturated heterocycles. The fourth-order valence-electron chi connectivity index (χ4n) is 12.0. The Balaban J connectivity index is 1.36. The van der Waals surface area contributed by atoms with Gasteiger partial charge in [-0.25, -0.2) is 4.79 Å². The number of aliphatic hydroxyl groups is 1. The first-order valence-electron chi connectivity index (χ1n) is 17.8. The molecule has 5 aliphatic rings. The third-order valence-electron chi connectivity index (χ3n) is 15.1. The number of carbonyl (C=O) groups excluding carboxylic acids is 1. The van der Waals surface area contributed by atoms with E-state index in [1.54, 1.807) is 7.11 Å². The molecule has 2 unspecified atom stereocenters. The first-order valence-corrected chi connectivity index (χ1v) is 17.8. The Labute approximate surface area is 278 Å². The van der Waals surface area contributed by atoms with Gasteiger partial charge in [0.15, 0.2) is 23.6 Å². The van der Waals surface area contributed by atoms with E-state index in [0.717, 1.165) is 38.5 Å². The average Bonchev–Trinajstić information content (AvgIpc) is 3.38. The summed E-state index contributed by atoms with van der Waals surface area (Å²) >= 11 is 0. The molecule has 1 aromatic rings. The maximum atomic E-state index is 14.7. The van der Waals surface area contributed by atoms with Crippen molar-refractivity contribution in [3.05, 3.63) is 33.8 Å². The minimum atomic E-state index is -1.24. The zero-order valence-electron chi connectivity index (χ0n) is 29.9. The van der Waals surface area contributed by atoms with E-state index in [2.05, 4.69) is 27.7 Å². The fraction of sp³-hybridized carbons (Fsp3) is 0.816. The molecule has 0 aromatic carbocycles. The molecule has 4 fully saturated rings. The molecule has 262 valence electrons. The topological polar surface area (TPSA) is 136 Å². The first kappa shape index (κ1) is 34.6. The zero-order chi connectivity index (χ0) is 34.5. The summed E-state index contributed by atoms with van der Waals surface area (Å²) in [6.07, 6.45) is 7.58. The number of carboxylic acid groups (broad SMARTS) is 1. The Bertz CT molecular complexity index is 1520. The summed E-state index contributed by atoms with van der Waals surface area (Å²) in [4.78, 5) is 39.1. The molecule has 9 nitrogen and oxygen atoms in total. The Morgan fingerprint density at radius 1 is 0.979 bits per heavy atom. The van der Waals surface area contributed by atoms with Crippen LogP contribution >= 0.6 is 0 Å². The molecule has 11 atom stereocenters. The number of ether oxygens (including phenoxy) is 2. The number of aliphatic hydroxyl groups excluding tert-OH is 1. The highest BCUT2D eigenvalue weighted by Crippen LogP contribution is 2.75. The Morgan fingerprint density at radius 3 is 2.30 bits per heavy atom. The largest absolute Gasteiger partial charge is 0.519 e. The van der Waals surface area contributed by atoms with E-state index in [9.17, 15) is 24.6 Å². The van der Waals surface area contributed by atoms with Crippen LogP contribution in [0.5, 0.6) is 0 Å². The molecule has 0 bridgehead atoms. The molecule has 1 heterocycles. The number of methoxy groups -OCH3 is 1. The number of fused-ring (bicyclic) bond motifs is 7. The summed E-state index contributed by atoms with van der Waals surface area (Å²) < 4.78 is 22.7. The third-order valence-corrected chi connectivity index (χ3v) is 15.1. The first-order chi connectivity index (χ1) is 21.8. The number of hydrogen-bond donors (Lipinski definition) is 2. The van der Waals surface area contributed by atoms with Crippen molar-refractivity contribution in [3.8, 4) is 0 Å². The van der Waals surface area contributed by atoms with E-state index in [1.165, 1.54) is 5.57 Å². The predicted octanol–water partition coefficient (Wildman–Crippen LogP) is 7.25. The van der Waals surface area contributed by atoms with Crippen molar-refractivity contribution < 1.29 is 38.1 Å². The van der Waals surface area contributed by atoms with Crippen LogP contribution in [-0.4, -0.2) is 41.5 Å². The molecular weight excluding hydrogens is 600 g/mol. The van der Waals surface area contributed by atoms with Gasteiger partial charge in [0, 0.05) is 24.4 Å². The summed E-state index contributed by atoms with van der Waals surface area (Å²) in [5, 5.41) is 22.1. The van der Waals surface area contributed by atoms with Crippen molar-refractivity contribution in [1.29, 1.82) is 0 Å². The summed E-state index contributed by atoms with van der Waals surface area (Å²) in [5.41, 5.74) is -1.45. The maximum absolute atomic E-state index is 14.7. The summed E-state index contributed by atoms with van der Waals surface area (Å²) in [6.45, 7) is 16.8. The van der Waals surface area contributed by atoms with Gasteiger partial charge in [-0.2, -0.15) is 0 Å². The van der Waals surface area contributed by atoms with E-state index in [4.69, 9.17) is 18.3 Å². The Morgan fingerprint density at radius 2 is 1.66 bits per heavy atom. The van der Waals surface area contributed by atoms with Gasteiger partial charge in [-0.05, 0) is 104 Å². The van der Waals surface area contributed by atoms with Crippen LogP contribution in [0.3, 0.4) is 0 Å². The van der Waals surface area contributed by atoms with Crippen molar-refractivity contribution in [2.24, 2.45) is 50.2 Å². The molecule has 4 saturated carbocycles. The molecule has 2 N–H and O–H groups in total. The van der Waals surface area contributed by atoms with Crippen LogP contribution < -0.4 is 5.82 Å². The van der Waals surface area contributed by atoms with E-state index in [0.29, 0.717) is 25.0 Å². The van der Waals surface area contributed by atoms with E-state index in [1.807, 2.05) is 33.8 Å². The Kier molecular flexibility index (Phi) is 8.21. The lowest BCUT2D eigenvalue weighted by atomic mass is 9.33. The van der Waals surface area contributed by atoms with Crippen molar-refractivity contribution in [2.45, 2.75) is 138 Å². The molecule has 9 heteroatoms. The zero-order valence-corrected chi connectivity index (χ0v) is 29.9. The Hall–Kier alpha value is -2.23. The number of hydrogen-bond acceptors (Lipinski definition) is 8. The van der Waals surface area contributed by atoms with Crippen molar-refractivity contribution >= 4 is 11.8 Å². The lowest BCUT2D eigenvalue weighted by molar-refractivity contribution is -0.284. The highest BCUT2D eigenvalue weighted by molar-refractivity contribution is 5.95. The molecule has 0 amide bonds. The maximum Gasteiger partial charge on any atom is 0.519 e. The molecule has 6 rings (SSSR count). The summed E-state index contributed by atoms with van der Waals surface area (Å²) in [7, 11) is 1.67. The van der Waals surface area contributed by atoms with Crippen LogP contribution in [0, 0.1) is 50.2 Å². The van der Waals surface area contributed by atoms with Crippen molar-refractivity contribution in [2.75, 3.05) is 7.11 Å². The normalized spacial score (nSPS) is 45.3. The lowest BCUT2D eigenvalue weighted by Gasteiger charge is -2.71. The number of ketones is 1. The van der Waals surface area contributed by atoms with Gasteiger partial charge in [-0.3, -0.25) is 9.59 Å². The van der Waals surface area contributed by atoms with Crippen LogP contribution in [0.4, 0.5) is 0 Å². The smallest absolute Gasteiger partial charge is 0.481 e. The van der Waals surface area contributed by atoms with Crippen LogP contribution in [0.2, 0.25) is 0 Å². The van der Waals surface area contributed by atoms with E-state index < -0.39 is 34.3 Å². The van der Waals surface area contributed by atoms with Crippen LogP contribution in [-0.2, 0) is 25.7 Å². The number of carboxylic acids is 1. The number of allylic oxidation sites excluding steroid dienone is 2. The van der Waals surface area contributed by atoms with Gasteiger partial charge in [-0.15, -0.1) is 0 Å². The summed E-state index contributed by atoms with van der Waals surface area (Å²) in [6, 6.07) is 0. The third kappa shape index (κ3) is 4.75. The van der Waals surface area contributed by atoms with Gasteiger partial charge in [0.05, 0.1) is 11.5 Å². The second kappa shape index (κ2) is 11.1. The minimum Gasteiger partial charge on any atom is -0.481 e.